The number of piperidine rings is 1. The van der Waals surface area contributed by atoms with Crippen LogP contribution in [0.25, 0.3) is 0 Å². The molecular formula is C16H32N4O2. The Labute approximate surface area is 134 Å². The third kappa shape index (κ3) is 7.22. The molecule has 22 heavy (non-hydrogen) atoms. The molecule has 0 saturated carbocycles. The van der Waals surface area contributed by atoms with E-state index in [2.05, 4.69) is 22.5 Å². The Hall–Kier alpha value is -1.14. The van der Waals surface area contributed by atoms with E-state index >= 15 is 0 Å². The molecule has 1 fully saturated rings. The highest BCUT2D eigenvalue weighted by Gasteiger charge is 2.21. The molecule has 128 valence electrons. The Morgan fingerprint density at radius 3 is 2.23 bits per heavy atom. The third-order valence-corrected chi connectivity index (χ3v) is 4.03. The van der Waals surface area contributed by atoms with Crippen LogP contribution in [0.2, 0.25) is 0 Å². The van der Waals surface area contributed by atoms with E-state index in [0.29, 0.717) is 6.54 Å². The maximum absolute atomic E-state index is 12.1. The van der Waals surface area contributed by atoms with E-state index in [1.165, 1.54) is 0 Å². The summed E-state index contributed by atoms with van der Waals surface area (Å²) in [5.74, 6) is -0.00458. The molecule has 1 saturated heterocycles. The van der Waals surface area contributed by atoms with Gasteiger partial charge in [0.1, 0.15) is 0 Å². The fourth-order valence-electron chi connectivity index (χ4n) is 2.72. The van der Waals surface area contributed by atoms with Gasteiger partial charge in [-0.3, -0.25) is 14.5 Å². The number of rotatable bonds is 8. The Morgan fingerprint density at radius 1 is 1.14 bits per heavy atom. The SMILES string of the molecule is CCN1CCC(NC(=O)CN(CC)CC(=O)NC(C)C)CC1. The van der Waals surface area contributed by atoms with Crippen molar-refractivity contribution in [1.82, 2.24) is 20.4 Å². The van der Waals surface area contributed by atoms with E-state index in [-0.39, 0.29) is 37.0 Å². The van der Waals surface area contributed by atoms with Crippen molar-refractivity contribution in [3.05, 3.63) is 0 Å². The maximum Gasteiger partial charge on any atom is 0.234 e. The molecule has 6 heteroatoms. The lowest BCUT2D eigenvalue weighted by atomic mass is 10.1. The van der Waals surface area contributed by atoms with E-state index in [4.69, 9.17) is 0 Å². The van der Waals surface area contributed by atoms with Crippen LogP contribution in [0.1, 0.15) is 40.5 Å². The highest BCUT2D eigenvalue weighted by Crippen LogP contribution is 2.09. The molecule has 0 aromatic carbocycles. The summed E-state index contributed by atoms with van der Waals surface area (Å²) in [6.07, 6.45) is 2.03. The predicted octanol–water partition coefficient (Wildman–Crippen LogP) is 0.433. The lowest BCUT2D eigenvalue weighted by Gasteiger charge is -2.32. The highest BCUT2D eigenvalue weighted by atomic mass is 16.2. The topological polar surface area (TPSA) is 64.7 Å². The first-order valence-electron chi connectivity index (χ1n) is 8.48. The molecule has 2 N–H and O–H groups in total. The molecule has 1 heterocycles. The fraction of sp³-hybridized carbons (Fsp3) is 0.875. The number of carbonyl (C=O) groups is 2. The van der Waals surface area contributed by atoms with E-state index in [0.717, 1.165) is 32.5 Å². The van der Waals surface area contributed by atoms with Gasteiger partial charge in [0.05, 0.1) is 13.1 Å². The van der Waals surface area contributed by atoms with Crippen molar-refractivity contribution in [3.63, 3.8) is 0 Å². The number of likely N-dealkylation sites (tertiary alicyclic amines) is 1. The van der Waals surface area contributed by atoms with Crippen molar-refractivity contribution < 1.29 is 9.59 Å². The van der Waals surface area contributed by atoms with E-state index < -0.39 is 0 Å². The van der Waals surface area contributed by atoms with Gasteiger partial charge < -0.3 is 15.5 Å². The van der Waals surface area contributed by atoms with Gasteiger partial charge in [-0.05, 0) is 39.8 Å². The average Bonchev–Trinajstić information content (AvgIpc) is 2.46. The van der Waals surface area contributed by atoms with Gasteiger partial charge in [-0.25, -0.2) is 0 Å². The molecule has 0 unspecified atom stereocenters. The van der Waals surface area contributed by atoms with Gasteiger partial charge in [0.2, 0.25) is 11.8 Å². The number of hydrogen-bond donors (Lipinski definition) is 2. The van der Waals surface area contributed by atoms with Gasteiger partial charge in [-0.1, -0.05) is 13.8 Å². The standard InChI is InChI=1S/C16H32N4O2/c1-5-19-9-7-14(8-10-19)18-16(22)12-20(6-2)11-15(21)17-13(3)4/h13-14H,5-12H2,1-4H3,(H,17,21)(H,18,22). The van der Waals surface area contributed by atoms with Crippen LogP contribution < -0.4 is 10.6 Å². The van der Waals surface area contributed by atoms with Crippen molar-refractivity contribution in [3.8, 4) is 0 Å². The number of amides is 2. The van der Waals surface area contributed by atoms with Gasteiger partial charge in [0.15, 0.2) is 0 Å². The molecule has 0 atom stereocenters. The quantitative estimate of drug-likeness (QED) is 0.682. The number of carbonyl (C=O) groups excluding carboxylic acids is 2. The molecule has 0 aromatic heterocycles. The molecule has 1 aliphatic rings. The zero-order valence-electron chi connectivity index (χ0n) is 14.5. The van der Waals surface area contributed by atoms with Crippen molar-refractivity contribution in [2.75, 3.05) is 39.3 Å². The van der Waals surface area contributed by atoms with Gasteiger partial charge in [-0.15, -0.1) is 0 Å². The summed E-state index contributed by atoms with van der Waals surface area (Å²) in [5.41, 5.74) is 0. The Balaban J connectivity index is 2.31. The summed E-state index contributed by atoms with van der Waals surface area (Å²) in [5, 5.41) is 5.96. The molecule has 1 aliphatic heterocycles. The van der Waals surface area contributed by atoms with Crippen LogP contribution in [0, 0.1) is 0 Å². The average molecular weight is 312 g/mol. The number of nitrogens with one attached hydrogen (secondary N) is 2. The predicted molar refractivity (Wildman–Crippen MR) is 88.7 cm³/mol. The van der Waals surface area contributed by atoms with Crippen LogP contribution in [-0.2, 0) is 9.59 Å². The van der Waals surface area contributed by atoms with E-state index in [1.54, 1.807) is 0 Å². The van der Waals surface area contributed by atoms with Crippen molar-refractivity contribution in [2.45, 2.75) is 52.6 Å². The zero-order valence-corrected chi connectivity index (χ0v) is 14.5. The van der Waals surface area contributed by atoms with Crippen molar-refractivity contribution in [2.24, 2.45) is 0 Å². The second-order valence-corrected chi connectivity index (χ2v) is 6.30. The second-order valence-electron chi connectivity index (χ2n) is 6.30. The minimum atomic E-state index is -0.0269. The molecule has 1 rings (SSSR count). The van der Waals surface area contributed by atoms with Crippen LogP contribution in [0.15, 0.2) is 0 Å². The van der Waals surface area contributed by atoms with Crippen LogP contribution in [-0.4, -0.2) is 73.0 Å². The minimum Gasteiger partial charge on any atom is -0.353 e. The van der Waals surface area contributed by atoms with Crippen LogP contribution >= 0.6 is 0 Å². The van der Waals surface area contributed by atoms with Gasteiger partial charge in [-0.2, -0.15) is 0 Å². The molecule has 0 radical (unpaired) electrons. The van der Waals surface area contributed by atoms with Gasteiger partial charge in [0.25, 0.3) is 0 Å². The second kappa shape index (κ2) is 9.79. The lowest BCUT2D eigenvalue weighted by Crippen LogP contribution is -2.49. The summed E-state index contributed by atoms with van der Waals surface area (Å²) in [7, 11) is 0. The number of hydrogen-bond acceptors (Lipinski definition) is 4. The molecule has 0 spiro atoms. The Morgan fingerprint density at radius 2 is 1.73 bits per heavy atom. The van der Waals surface area contributed by atoms with Crippen LogP contribution in [0.4, 0.5) is 0 Å². The normalized spacial score (nSPS) is 17.0. The van der Waals surface area contributed by atoms with Gasteiger partial charge >= 0.3 is 0 Å². The lowest BCUT2D eigenvalue weighted by molar-refractivity contribution is -0.125. The maximum atomic E-state index is 12.1. The van der Waals surface area contributed by atoms with Gasteiger partial charge in [0, 0.05) is 25.2 Å². The van der Waals surface area contributed by atoms with Crippen molar-refractivity contribution >= 4 is 11.8 Å². The first-order valence-corrected chi connectivity index (χ1v) is 8.48. The van der Waals surface area contributed by atoms with Crippen LogP contribution in [0.5, 0.6) is 0 Å². The smallest absolute Gasteiger partial charge is 0.234 e. The number of nitrogens with zero attached hydrogens (tertiary/aromatic N) is 2. The molecule has 0 aliphatic carbocycles. The summed E-state index contributed by atoms with van der Waals surface area (Å²) >= 11 is 0. The fourth-order valence-corrected chi connectivity index (χ4v) is 2.72. The first kappa shape index (κ1) is 18.9. The molecule has 0 aromatic rings. The summed E-state index contributed by atoms with van der Waals surface area (Å²) in [6, 6.07) is 0.405. The first-order chi connectivity index (χ1) is 10.4. The van der Waals surface area contributed by atoms with Crippen molar-refractivity contribution in [1.29, 1.82) is 0 Å². The van der Waals surface area contributed by atoms with Crippen LogP contribution in [0.3, 0.4) is 0 Å². The Kier molecular flexibility index (Phi) is 8.42. The third-order valence-electron chi connectivity index (χ3n) is 4.03. The molecule has 6 nitrogen and oxygen atoms in total. The number of likely N-dealkylation sites (N-methyl/N-ethyl adjacent to an activating group) is 1. The largest absolute Gasteiger partial charge is 0.353 e. The monoisotopic (exact) mass is 312 g/mol. The van der Waals surface area contributed by atoms with E-state index in [9.17, 15) is 9.59 Å². The summed E-state index contributed by atoms with van der Waals surface area (Å²) in [4.78, 5) is 28.2. The highest BCUT2D eigenvalue weighted by molar-refractivity contribution is 5.81. The summed E-state index contributed by atoms with van der Waals surface area (Å²) in [6.45, 7) is 12.4. The summed E-state index contributed by atoms with van der Waals surface area (Å²) < 4.78 is 0. The molecule has 2 amide bonds. The Bertz CT molecular complexity index is 352. The minimum absolute atomic E-state index is 0.0224. The zero-order chi connectivity index (χ0) is 16.5. The molecular weight excluding hydrogens is 280 g/mol. The van der Waals surface area contributed by atoms with E-state index in [1.807, 2.05) is 25.7 Å². The molecule has 0 bridgehead atoms.